The summed E-state index contributed by atoms with van der Waals surface area (Å²) in [6.45, 7) is 1.23. The molecule has 0 fully saturated rings. The number of halogens is 1. The maximum Gasteiger partial charge on any atom is 0.335 e. The summed E-state index contributed by atoms with van der Waals surface area (Å²) in [5, 5.41) is 27.3. The molecule has 0 aliphatic carbocycles. The van der Waals surface area contributed by atoms with E-state index in [9.17, 15) is 9.90 Å². The predicted molar refractivity (Wildman–Crippen MR) is 61.1 cm³/mol. The third kappa shape index (κ3) is 2.85. The summed E-state index contributed by atoms with van der Waals surface area (Å²) in [6, 6.07) is 1.85. The molecular weight excluding hydrogens is 234 g/mol. The van der Waals surface area contributed by atoms with E-state index in [0.29, 0.717) is 5.56 Å². The van der Waals surface area contributed by atoms with Gasteiger partial charge in [-0.05, 0) is 24.6 Å². The van der Waals surface area contributed by atoms with Crippen LogP contribution in [-0.2, 0) is 0 Å². The van der Waals surface area contributed by atoms with Gasteiger partial charge < -0.3 is 21.1 Å². The molecule has 5 N–H and O–H groups in total. The Balaban J connectivity index is 0.00000225. The number of aromatic hydroxyl groups is 1. The van der Waals surface area contributed by atoms with E-state index in [2.05, 4.69) is 0 Å². The van der Waals surface area contributed by atoms with Crippen LogP contribution >= 0.6 is 12.4 Å². The predicted octanol–water partition coefficient (Wildman–Crippen LogP) is 0.813. The summed E-state index contributed by atoms with van der Waals surface area (Å²) < 4.78 is 0. The smallest absolute Gasteiger partial charge is 0.335 e. The molecule has 0 radical (unpaired) electrons. The molecule has 1 aromatic rings. The van der Waals surface area contributed by atoms with E-state index in [-0.39, 0.29) is 35.9 Å². The zero-order valence-electron chi connectivity index (χ0n) is 8.67. The average molecular weight is 248 g/mol. The Morgan fingerprint density at radius 1 is 1.50 bits per heavy atom. The topological polar surface area (TPSA) is 104 Å². The fraction of sp³-hybridized carbons (Fsp3) is 0.300. The molecule has 16 heavy (non-hydrogen) atoms. The minimum absolute atomic E-state index is 0. The Morgan fingerprint density at radius 3 is 2.50 bits per heavy atom. The van der Waals surface area contributed by atoms with Gasteiger partial charge in [0, 0.05) is 5.56 Å². The van der Waals surface area contributed by atoms with Crippen molar-refractivity contribution in [2.45, 2.75) is 13.0 Å². The van der Waals surface area contributed by atoms with Crippen molar-refractivity contribution in [3.63, 3.8) is 0 Å². The molecule has 0 aliphatic rings. The summed E-state index contributed by atoms with van der Waals surface area (Å²) in [5.74, 6) is -1.16. The van der Waals surface area contributed by atoms with Gasteiger partial charge in [-0.15, -0.1) is 12.4 Å². The molecule has 5 nitrogen and oxygen atoms in total. The molecule has 0 amide bonds. The molecule has 0 aromatic heterocycles. The number of phenols is 1. The maximum absolute atomic E-state index is 10.7. The van der Waals surface area contributed by atoms with Gasteiger partial charge in [-0.25, -0.2) is 4.79 Å². The van der Waals surface area contributed by atoms with Crippen LogP contribution in [0.4, 0.5) is 0 Å². The van der Waals surface area contributed by atoms with Crippen LogP contribution in [-0.4, -0.2) is 27.9 Å². The summed E-state index contributed by atoms with van der Waals surface area (Å²) in [5.41, 5.74) is 6.25. The second kappa shape index (κ2) is 5.69. The normalized spacial score (nSPS) is 11.7. The van der Waals surface area contributed by atoms with Crippen molar-refractivity contribution < 1.29 is 20.1 Å². The number of hydrogen-bond donors (Lipinski definition) is 4. The summed E-state index contributed by atoms with van der Waals surface area (Å²) in [7, 11) is 0. The number of aromatic carboxylic acids is 1. The lowest BCUT2D eigenvalue weighted by Crippen LogP contribution is -2.15. The van der Waals surface area contributed by atoms with Crippen LogP contribution in [0.15, 0.2) is 12.1 Å². The quantitative estimate of drug-likeness (QED) is 0.633. The third-order valence-electron chi connectivity index (χ3n) is 2.17. The highest BCUT2D eigenvalue weighted by Crippen LogP contribution is 2.28. The Morgan fingerprint density at radius 2 is 2.06 bits per heavy atom. The van der Waals surface area contributed by atoms with E-state index in [1.54, 1.807) is 6.92 Å². The summed E-state index contributed by atoms with van der Waals surface area (Å²) in [6.07, 6.45) is 0. The van der Waals surface area contributed by atoms with Gasteiger partial charge in [0.1, 0.15) is 5.75 Å². The van der Waals surface area contributed by atoms with Gasteiger partial charge in [-0.1, -0.05) is 0 Å². The van der Waals surface area contributed by atoms with Crippen LogP contribution in [0.2, 0.25) is 0 Å². The van der Waals surface area contributed by atoms with Crippen molar-refractivity contribution in [3.8, 4) is 5.75 Å². The molecule has 0 heterocycles. The van der Waals surface area contributed by atoms with Crippen molar-refractivity contribution in [1.82, 2.24) is 0 Å². The van der Waals surface area contributed by atoms with Crippen molar-refractivity contribution in [1.29, 1.82) is 0 Å². The molecule has 1 atom stereocenters. The van der Waals surface area contributed by atoms with Crippen LogP contribution in [0.25, 0.3) is 0 Å². The van der Waals surface area contributed by atoms with Gasteiger partial charge in [-0.2, -0.15) is 0 Å². The van der Waals surface area contributed by atoms with E-state index in [4.69, 9.17) is 15.9 Å². The minimum Gasteiger partial charge on any atom is -0.507 e. The van der Waals surface area contributed by atoms with Gasteiger partial charge in [0.15, 0.2) is 0 Å². The van der Waals surface area contributed by atoms with Gasteiger partial charge >= 0.3 is 5.97 Å². The SMILES string of the molecule is Cc1cc(C(=O)O)cc([C@H](N)CO)c1O.Cl. The average Bonchev–Trinajstić information content (AvgIpc) is 2.20. The molecule has 0 bridgehead atoms. The zero-order valence-corrected chi connectivity index (χ0v) is 9.49. The fourth-order valence-electron chi connectivity index (χ4n) is 1.31. The number of aryl methyl sites for hydroxylation is 1. The zero-order chi connectivity index (χ0) is 11.6. The van der Waals surface area contributed by atoms with E-state index in [0.717, 1.165) is 0 Å². The maximum atomic E-state index is 10.7. The van der Waals surface area contributed by atoms with E-state index < -0.39 is 12.0 Å². The molecule has 0 aliphatic heterocycles. The Bertz CT molecular complexity index is 395. The minimum atomic E-state index is -1.09. The van der Waals surface area contributed by atoms with Crippen LogP contribution < -0.4 is 5.73 Å². The van der Waals surface area contributed by atoms with E-state index in [1.807, 2.05) is 0 Å². The first-order valence-corrected chi connectivity index (χ1v) is 4.40. The standard InChI is InChI=1S/C10H13NO4.ClH/c1-5-2-6(10(14)15)3-7(9(5)13)8(11)4-12;/h2-3,8,12-13H,4,11H2,1H3,(H,14,15);1H/t8-;/m1./s1. The number of phenolic OH excluding ortho intramolecular Hbond substituents is 1. The molecule has 0 saturated heterocycles. The van der Waals surface area contributed by atoms with Crippen LogP contribution in [0.1, 0.15) is 27.5 Å². The number of hydrogen-bond acceptors (Lipinski definition) is 4. The molecular formula is C10H14ClNO4. The Hall–Kier alpha value is -1.30. The van der Waals surface area contributed by atoms with E-state index >= 15 is 0 Å². The van der Waals surface area contributed by atoms with Gasteiger partial charge in [0.05, 0.1) is 18.2 Å². The molecule has 90 valence electrons. The van der Waals surface area contributed by atoms with Crippen LogP contribution in [0.5, 0.6) is 5.75 Å². The van der Waals surface area contributed by atoms with Crippen LogP contribution in [0.3, 0.4) is 0 Å². The number of benzene rings is 1. The number of rotatable bonds is 3. The summed E-state index contributed by atoms with van der Waals surface area (Å²) >= 11 is 0. The Kier molecular flexibility index (Phi) is 5.23. The number of nitrogens with two attached hydrogens (primary N) is 1. The number of carboxylic acid groups (broad SMARTS) is 1. The summed E-state index contributed by atoms with van der Waals surface area (Å²) in [4.78, 5) is 10.7. The van der Waals surface area contributed by atoms with Crippen molar-refractivity contribution in [2.75, 3.05) is 6.61 Å². The number of aliphatic hydroxyl groups excluding tert-OH is 1. The molecule has 0 saturated carbocycles. The lowest BCUT2D eigenvalue weighted by molar-refractivity contribution is 0.0696. The van der Waals surface area contributed by atoms with Gasteiger partial charge in [0.25, 0.3) is 0 Å². The second-order valence-corrected chi connectivity index (χ2v) is 3.33. The van der Waals surface area contributed by atoms with Crippen molar-refractivity contribution in [3.05, 3.63) is 28.8 Å². The number of carbonyl (C=O) groups is 1. The second-order valence-electron chi connectivity index (χ2n) is 3.33. The first kappa shape index (κ1) is 14.7. The fourth-order valence-corrected chi connectivity index (χ4v) is 1.31. The first-order valence-electron chi connectivity index (χ1n) is 4.40. The third-order valence-corrected chi connectivity index (χ3v) is 2.17. The largest absolute Gasteiger partial charge is 0.507 e. The molecule has 1 rings (SSSR count). The number of carboxylic acids is 1. The molecule has 6 heteroatoms. The highest BCUT2D eigenvalue weighted by atomic mass is 35.5. The highest BCUT2D eigenvalue weighted by molar-refractivity contribution is 5.88. The van der Waals surface area contributed by atoms with Gasteiger partial charge in [-0.3, -0.25) is 0 Å². The first-order chi connectivity index (χ1) is 6.97. The van der Waals surface area contributed by atoms with Crippen molar-refractivity contribution in [2.24, 2.45) is 5.73 Å². The lowest BCUT2D eigenvalue weighted by atomic mass is 10.00. The highest BCUT2D eigenvalue weighted by Gasteiger charge is 2.15. The number of aliphatic hydroxyl groups is 1. The lowest BCUT2D eigenvalue weighted by Gasteiger charge is -2.13. The van der Waals surface area contributed by atoms with Gasteiger partial charge in [0.2, 0.25) is 0 Å². The Labute approximate surface area is 98.9 Å². The molecule has 0 unspecified atom stereocenters. The monoisotopic (exact) mass is 247 g/mol. The molecule has 1 aromatic carbocycles. The van der Waals surface area contributed by atoms with Crippen LogP contribution in [0, 0.1) is 6.92 Å². The van der Waals surface area contributed by atoms with Crippen molar-refractivity contribution >= 4 is 18.4 Å². The molecule has 0 spiro atoms. The van der Waals surface area contributed by atoms with E-state index in [1.165, 1.54) is 12.1 Å².